The standard InChI is InChI=1S/C13H20N4O2/c1-16-6-3-7-17(9-8-16)12-10(14)4-5-11(15-12)13(18)19-2/h4-5H,3,6-9,14H2,1-2H3. The number of nitrogens with zero attached hydrogens (tertiary/aromatic N) is 3. The Hall–Kier alpha value is -1.82. The van der Waals surface area contributed by atoms with E-state index in [1.165, 1.54) is 7.11 Å². The second kappa shape index (κ2) is 5.88. The first-order valence-corrected chi connectivity index (χ1v) is 6.40. The topological polar surface area (TPSA) is 71.7 Å². The number of ether oxygens (including phenoxy) is 1. The quantitative estimate of drug-likeness (QED) is 0.788. The largest absolute Gasteiger partial charge is 0.464 e. The number of hydrogen-bond acceptors (Lipinski definition) is 6. The molecule has 1 aliphatic rings. The molecule has 2 heterocycles. The van der Waals surface area contributed by atoms with Crippen LogP contribution in [0.5, 0.6) is 0 Å². The molecule has 6 nitrogen and oxygen atoms in total. The van der Waals surface area contributed by atoms with Gasteiger partial charge in [-0.25, -0.2) is 9.78 Å². The number of nitrogen functional groups attached to an aromatic ring is 1. The number of carbonyl (C=O) groups is 1. The molecule has 1 aromatic heterocycles. The summed E-state index contributed by atoms with van der Waals surface area (Å²) in [5.41, 5.74) is 6.87. The number of anilines is 2. The molecule has 0 spiro atoms. The SMILES string of the molecule is COC(=O)c1ccc(N)c(N2CCCN(C)CC2)n1. The molecule has 104 valence electrons. The highest BCUT2D eigenvalue weighted by Crippen LogP contribution is 2.22. The average Bonchev–Trinajstić information content (AvgIpc) is 2.63. The molecule has 0 aliphatic carbocycles. The number of likely N-dealkylation sites (N-methyl/N-ethyl adjacent to an activating group) is 1. The van der Waals surface area contributed by atoms with E-state index < -0.39 is 5.97 Å². The van der Waals surface area contributed by atoms with E-state index in [1.807, 2.05) is 0 Å². The number of pyridine rings is 1. The molecule has 1 aromatic rings. The summed E-state index contributed by atoms with van der Waals surface area (Å²) in [4.78, 5) is 20.3. The fourth-order valence-corrected chi connectivity index (χ4v) is 2.19. The third-order valence-electron chi connectivity index (χ3n) is 3.32. The lowest BCUT2D eigenvalue weighted by atomic mass is 10.3. The second-order valence-electron chi connectivity index (χ2n) is 4.74. The predicted molar refractivity (Wildman–Crippen MR) is 74.3 cm³/mol. The minimum absolute atomic E-state index is 0.296. The van der Waals surface area contributed by atoms with Crippen LogP contribution in [-0.4, -0.2) is 56.2 Å². The average molecular weight is 264 g/mol. The first-order valence-electron chi connectivity index (χ1n) is 6.40. The van der Waals surface area contributed by atoms with Gasteiger partial charge in [0.1, 0.15) is 0 Å². The molecule has 1 fully saturated rings. The molecule has 19 heavy (non-hydrogen) atoms. The number of rotatable bonds is 2. The molecule has 2 N–H and O–H groups in total. The number of methoxy groups -OCH3 is 1. The number of nitrogens with two attached hydrogens (primary N) is 1. The molecule has 1 saturated heterocycles. The Kier molecular flexibility index (Phi) is 4.21. The Morgan fingerprint density at radius 1 is 1.32 bits per heavy atom. The molecule has 0 aromatic carbocycles. The lowest BCUT2D eigenvalue weighted by molar-refractivity contribution is 0.0594. The van der Waals surface area contributed by atoms with Crippen molar-refractivity contribution in [2.24, 2.45) is 0 Å². The van der Waals surface area contributed by atoms with Crippen molar-refractivity contribution >= 4 is 17.5 Å². The summed E-state index contributed by atoms with van der Waals surface area (Å²) in [6.45, 7) is 3.78. The van der Waals surface area contributed by atoms with E-state index in [0.717, 1.165) is 32.6 Å². The maximum atomic E-state index is 11.5. The molecule has 2 rings (SSSR count). The summed E-state index contributed by atoms with van der Waals surface area (Å²) in [6, 6.07) is 3.30. The zero-order chi connectivity index (χ0) is 13.8. The Bertz CT molecular complexity index is 464. The first-order chi connectivity index (χ1) is 9.11. The Balaban J connectivity index is 2.24. The molecule has 0 bridgehead atoms. The molecule has 6 heteroatoms. The van der Waals surface area contributed by atoms with Gasteiger partial charge in [-0.05, 0) is 32.1 Å². The van der Waals surface area contributed by atoms with E-state index in [1.54, 1.807) is 12.1 Å². The summed E-state index contributed by atoms with van der Waals surface area (Å²) < 4.78 is 4.69. The Morgan fingerprint density at radius 2 is 2.11 bits per heavy atom. The van der Waals surface area contributed by atoms with Gasteiger partial charge in [0.15, 0.2) is 11.5 Å². The van der Waals surface area contributed by atoms with Gasteiger partial charge in [0.05, 0.1) is 12.8 Å². The number of aromatic nitrogens is 1. The lowest BCUT2D eigenvalue weighted by Gasteiger charge is -2.23. The van der Waals surface area contributed by atoms with Crippen LogP contribution in [0, 0.1) is 0 Å². The lowest BCUT2D eigenvalue weighted by Crippen LogP contribution is -2.30. The van der Waals surface area contributed by atoms with Crippen molar-refractivity contribution in [1.29, 1.82) is 0 Å². The maximum Gasteiger partial charge on any atom is 0.356 e. The van der Waals surface area contributed by atoms with Gasteiger partial charge in [0.2, 0.25) is 0 Å². The van der Waals surface area contributed by atoms with Crippen molar-refractivity contribution < 1.29 is 9.53 Å². The van der Waals surface area contributed by atoms with Crippen LogP contribution in [0.3, 0.4) is 0 Å². The van der Waals surface area contributed by atoms with Crippen LogP contribution in [0.4, 0.5) is 11.5 Å². The molecular formula is C13H20N4O2. The van der Waals surface area contributed by atoms with Crippen molar-refractivity contribution in [2.45, 2.75) is 6.42 Å². The fraction of sp³-hybridized carbons (Fsp3) is 0.538. The number of hydrogen-bond donors (Lipinski definition) is 1. The van der Waals surface area contributed by atoms with Crippen LogP contribution >= 0.6 is 0 Å². The smallest absolute Gasteiger partial charge is 0.356 e. The van der Waals surface area contributed by atoms with Gasteiger partial charge in [-0.1, -0.05) is 0 Å². The van der Waals surface area contributed by atoms with E-state index in [0.29, 0.717) is 17.2 Å². The maximum absolute atomic E-state index is 11.5. The van der Waals surface area contributed by atoms with Gasteiger partial charge in [-0.15, -0.1) is 0 Å². The third kappa shape index (κ3) is 3.14. The molecule has 0 atom stereocenters. The Morgan fingerprint density at radius 3 is 2.84 bits per heavy atom. The Labute approximate surface area is 113 Å². The summed E-state index contributed by atoms with van der Waals surface area (Å²) in [5.74, 6) is 0.242. The predicted octanol–water partition coefficient (Wildman–Crippen LogP) is 0.592. The zero-order valence-corrected chi connectivity index (χ0v) is 11.4. The molecule has 0 saturated carbocycles. The summed E-state index contributed by atoms with van der Waals surface area (Å²) in [6.07, 6.45) is 1.06. The fourth-order valence-electron chi connectivity index (χ4n) is 2.19. The minimum Gasteiger partial charge on any atom is -0.464 e. The van der Waals surface area contributed by atoms with Crippen molar-refractivity contribution in [1.82, 2.24) is 9.88 Å². The summed E-state index contributed by atoms with van der Waals surface area (Å²) >= 11 is 0. The molecule has 1 aliphatic heterocycles. The van der Waals surface area contributed by atoms with E-state index in [-0.39, 0.29) is 0 Å². The van der Waals surface area contributed by atoms with Crippen LogP contribution in [0.2, 0.25) is 0 Å². The normalized spacial score (nSPS) is 17.1. The molecule has 0 unspecified atom stereocenters. The van der Waals surface area contributed by atoms with Gasteiger partial charge >= 0.3 is 5.97 Å². The highest BCUT2D eigenvalue weighted by Gasteiger charge is 2.18. The van der Waals surface area contributed by atoms with Gasteiger partial charge in [-0.3, -0.25) is 0 Å². The zero-order valence-electron chi connectivity index (χ0n) is 11.4. The van der Waals surface area contributed by atoms with E-state index in [2.05, 4.69) is 21.8 Å². The van der Waals surface area contributed by atoms with Crippen LogP contribution in [0.1, 0.15) is 16.9 Å². The van der Waals surface area contributed by atoms with Gasteiger partial charge in [-0.2, -0.15) is 0 Å². The van der Waals surface area contributed by atoms with Crippen LogP contribution < -0.4 is 10.6 Å². The van der Waals surface area contributed by atoms with Crippen molar-refractivity contribution in [3.63, 3.8) is 0 Å². The van der Waals surface area contributed by atoms with E-state index in [4.69, 9.17) is 10.5 Å². The summed E-state index contributed by atoms with van der Waals surface area (Å²) in [5, 5.41) is 0. The molecular weight excluding hydrogens is 244 g/mol. The van der Waals surface area contributed by atoms with E-state index in [9.17, 15) is 4.79 Å². The van der Waals surface area contributed by atoms with Crippen molar-refractivity contribution in [2.75, 3.05) is 51.0 Å². The number of esters is 1. The third-order valence-corrected chi connectivity index (χ3v) is 3.32. The minimum atomic E-state index is -0.437. The summed E-state index contributed by atoms with van der Waals surface area (Å²) in [7, 11) is 3.45. The van der Waals surface area contributed by atoms with Gasteiger partial charge in [0, 0.05) is 19.6 Å². The first kappa shape index (κ1) is 13.6. The van der Waals surface area contributed by atoms with Crippen LogP contribution in [-0.2, 0) is 4.74 Å². The monoisotopic (exact) mass is 264 g/mol. The molecule has 0 amide bonds. The van der Waals surface area contributed by atoms with E-state index >= 15 is 0 Å². The van der Waals surface area contributed by atoms with Gasteiger partial charge in [0.25, 0.3) is 0 Å². The van der Waals surface area contributed by atoms with Gasteiger partial charge < -0.3 is 20.3 Å². The highest BCUT2D eigenvalue weighted by atomic mass is 16.5. The number of carbonyl (C=O) groups excluding carboxylic acids is 1. The van der Waals surface area contributed by atoms with Crippen LogP contribution in [0.15, 0.2) is 12.1 Å². The van der Waals surface area contributed by atoms with Crippen molar-refractivity contribution in [3.05, 3.63) is 17.8 Å². The van der Waals surface area contributed by atoms with Crippen LogP contribution in [0.25, 0.3) is 0 Å². The second-order valence-corrected chi connectivity index (χ2v) is 4.74. The highest BCUT2D eigenvalue weighted by molar-refractivity contribution is 5.88. The van der Waals surface area contributed by atoms with Crippen molar-refractivity contribution in [3.8, 4) is 0 Å². The molecule has 0 radical (unpaired) electrons.